The van der Waals surface area contributed by atoms with Crippen molar-refractivity contribution in [3.05, 3.63) is 54.6 Å². The summed E-state index contributed by atoms with van der Waals surface area (Å²) in [6, 6.07) is 8.20. The molecule has 0 aliphatic heterocycles. The molecule has 2 aromatic rings. The van der Waals surface area contributed by atoms with E-state index < -0.39 is 0 Å². The first-order chi connectivity index (χ1) is 8.00. The molecule has 0 aliphatic rings. The molecular formula is C13H11BrCl2S. The summed E-state index contributed by atoms with van der Waals surface area (Å²) in [5.41, 5.74) is 3.65. The molecule has 0 aliphatic carbocycles. The average Bonchev–Trinajstić information content (AvgIpc) is 2.62. The lowest BCUT2D eigenvalue weighted by Gasteiger charge is -2.12. The molecule has 0 saturated carbocycles. The predicted molar refractivity (Wildman–Crippen MR) is 80.6 cm³/mol. The molecule has 1 unspecified atom stereocenters. The monoisotopic (exact) mass is 348 g/mol. The maximum Gasteiger partial charge on any atom is 0.107 e. The standard InChI is InChI=1S/C13H11BrCl2S/c1-7-4-3-5-9(8(7)2)12(15)11-6-10(14)13(16)17-11/h3-6,12H,1-2H3. The van der Waals surface area contributed by atoms with E-state index in [1.807, 2.05) is 12.1 Å². The zero-order valence-electron chi connectivity index (χ0n) is 9.43. The lowest BCUT2D eigenvalue weighted by Crippen LogP contribution is -1.95. The molecule has 90 valence electrons. The molecule has 1 heterocycles. The highest BCUT2D eigenvalue weighted by Crippen LogP contribution is 2.41. The molecule has 0 fully saturated rings. The van der Waals surface area contributed by atoms with Gasteiger partial charge >= 0.3 is 0 Å². The third-order valence-corrected chi connectivity index (χ3v) is 5.97. The Morgan fingerprint density at radius 3 is 2.59 bits per heavy atom. The Kier molecular flexibility index (Phi) is 4.19. The second-order valence-electron chi connectivity index (χ2n) is 3.92. The van der Waals surface area contributed by atoms with Gasteiger partial charge in [-0.25, -0.2) is 0 Å². The summed E-state index contributed by atoms with van der Waals surface area (Å²) in [6.45, 7) is 4.20. The van der Waals surface area contributed by atoms with Crippen LogP contribution in [0.3, 0.4) is 0 Å². The van der Waals surface area contributed by atoms with Crippen LogP contribution in [0.15, 0.2) is 28.7 Å². The van der Waals surface area contributed by atoms with Gasteiger partial charge in [-0.1, -0.05) is 29.8 Å². The zero-order chi connectivity index (χ0) is 12.6. The van der Waals surface area contributed by atoms with Gasteiger partial charge in [-0.05, 0) is 52.5 Å². The van der Waals surface area contributed by atoms with E-state index in [9.17, 15) is 0 Å². The molecule has 0 radical (unpaired) electrons. The third-order valence-electron chi connectivity index (χ3n) is 2.83. The van der Waals surface area contributed by atoms with Crippen molar-refractivity contribution in [2.45, 2.75) is 19.2 Å². The minimum Gasteiger partial charge on any atom is -0.125 e. The van der Waals surface area contributed by atoms with Crippen LogP contribution >= 0.6 is 50.5 Å². The number of halogens is 3. The van der Waals surface area contributed by atoms with Crippen LogP contribution in [-0.2, 0) is 0 Å². The van der Waals surface area contributed by atoms with Gasteiger partial charge in [-0.15, -0.1) is 22.9 Å². The van der Waals surface area contributed by atoms with E-state index in [1.54, 1.807) is 0 Å². The van der Waals surface area contributed by atoms with Gasteiger partial charge in [-0.2, -0.15) is 0 Å². The van der Waals surface area contributed by atoms with Crippen LogP contribution in [0.25, 0.3) is 0 Å². The molecule has 0 bridgehead atoms. The molecule has 0 saturated heterocycles. The Morgan fingerprint density at radius 2 is 2.00 bits per heavy atom. The molecule has 0 nitrogen and oxygen atoms in total. The Labute approximate surface area is 124 Å². The van der Waals surface area contributed by atoms with Crippen molar-refractivity contribution in [1.29, 1.82) is 0 Å². The molecule has 1 atom stereocenters. The lowest BCUT2D eigenvalue weighted by molar-refractivity contribution is 1.12. The van der Waals surface area contributed by atoms with Gasteiger partial charge in [0.1, 0.15) is 4.34 Å². The number of benzene rings is 1. The van der Waals surface area contributed by atoms with E-state index in [0.717, 1.165) is 19.2 Å². The molecule has 4 heteroatoms. The number of hydrogen-bond donors (Lipinski definition) is 0. The Bertz CT molecular complexity index is 529. The second-order valence-corrected chi connectivity index (χ2v) is 6.90. The fourth-order valence-electron chi connectivity index (χ4n) is 1.69. The first kappa shape index (κ1) is 13.4. The van der Waals surface area contributed by atoms with Crippen molar-refractivity contribution in [2.75, 3.05) is 0 Å². The van der Waals surface area contributed by atoms with Crippen LogP contribution in [0.4, 0.5) is 0 Å². The zero-order valence-corrected chi connectivity index (χ0v) is 13.3. The van der Waals surface area contributed by atoms with E-state index in [4.69, 9.17) is 23.2 Å². The van der Waals surface area contributed by atoms with Crippen LogP contribution in [0, 0.1) is 13.8 Å². The maximum atomic E-state index is 6.53. The summed E-state index contributed by atoms with van der Waals surface area (Å²) >= 11 is 17.5. The van der Waals surface area contributed by atoms with Crippen LogP contribution in [0.1, 0.15) is 26.9 Å². The molecule has 2 rings (SSSR count). The third kappa shape index (κ3) is 2.70. The average molecular weight is 350 g/mol. The first-order valence-corrected chi connectivity index (χ1v) is 7.58. The van der Waals surface area contributed by atoms with Gasteiger partial charge in [0.15, 0.2) is 0 Å². The minimum atomic E-state index is -0.135. The summed E-state index contributed by atoms with van der Waals surface area (Å²) in [7, 11) is 0. The van der Waals surface area contributed by atoms with Crippen molar-refractivity contribution in [3.63, 3.8) is 0 Å². The molecule has 1 aromatic heterocycles. The van der Waals surface area contributed by atoms with Gasteiger partial charge in [-0.3, -0.25) is 0 Å². The van der Waals surface area contributed by atoms with E-state index >= 15 is 0 Å². The number of hydrogen-bond acceptors (Lipinski definition) is 1. The van der Waals surface area contributed by atoms with Gasteiger partial charge in [0.25, 0.3) is 0 Å². The van der Waals surface area contributed by atoms with E-state index in [0.29, 0.717) is 0 Å². The Morgan fingerprint density at radius 1 is 1.29 bits per heavy atom. The van der Waals surface area contributed by atoms with Gasteiger partial charge < -0.3 is 0 Å². The summed E-state index contributed by atoms with van der Waals surface area (Å²) in [6.07, 6.45) is 0. The van der Waals surface area contributed by atoms with Crippen molar-refractivity contribution in [2.24, 2.45) is 0 Å². The molecule has 1 aromatic carbocycles. The topological polar surface area (TPSA) is 0 Å². The summed E-state index contributed by atoms with van der Waals surface area (Å²) in [5.74, 6) is 0. The van der Waals surface area contributed by atoms with Gasteiger partial charge in [0, 0.05) is 9.35 Å². The van der Waals surface area contributed by atoms with Crippen LogP contribution in [-0.4, -0.2) is 0 Å². The fourth-order valence-corrected chi connectivity index (χ4v) is 3.86. The lowest BCUT2D eigenvalue weighted by atomic mass is 10.0. The minimum absolute atomic E-state index is 0.135. The largest absolute Gasteiger partial charge is 0.125 e. The van der Waals surface area contributed by atoms with Crippen molar-refractivity contribution in [1.82, 2.24) is 0 Å². The second kappa shape index (κ2) is 5.31. The van der Waals surface area contributed by atoms with E-state index in [2.05, 4.69) is 41.9 Å². The van der Waals surface area contributed by atoms with Crippen LogP contribution in [0.2, 0.25) is 4.34 Å². The number of thiophene rings is 1. The van der Waals surface area contributed by atoms with Crippen molar-refractivity contribution < 1.29 is 0 Å². The highest BCUT2D eigenvalue weighted by molar-refractivity contribution is 9.10. The number of alkyl halides is 1. The smallest absolute Gasteiger partial charge is 0.107 e. The van der Waals surface area contributed by atoms with Crippen LogP contribution < -0.4 is 0 Å². The molecular weight excluding hydrogens is 339 g/mol. The fraction of sp³-hybridized carbons (Fsp3) is 0.231. The van der Waals surface area contributed by atoms with Crippen molar-refractivity contribution in [3.8, 4) is 0 Å². The quantitative estimate of drug-likeness (QED) is 0.574. The first-order valence-electron chi connectivity index (χ1n) is 5.15. The number of aryl methyl sites for hydroxylation is 1. The summed E-state index contributed by atoms with van der Waals surface area (Å²) < 4.78 is 1.66. The molecule has 0 amide bonds. The highest BCUT2D eigenvalue weighted by Gasteiger charge is 2.17. The maximum absolute atomic E-state index is 6.53. The summed E-state index contributed by atoms with van der Waals surface area (Å²) in [4.78, 5) is 1.07. The molecule has 0 spiro atoms. The molecule has 17 heavy (non-hydrogen) atoms. The summed E-state index contributed by atoms with van der Waals surface area (Å²) in [5, 5.41) is -0.135. The predicted octanol–water partition coefficient (Wildman–Crippen LogP) is 6.11. The number of rotatable bonds is 2. The normalized spacial score (nSPS) is 12.8. The van der Waals surface area contributed by atoms with Crippen LogP contribution in [0.5, 0.6) is 0 Å². The Balaban J connectivity index is 2.43. The Hall–Kier alpha value is -0.0200. The molecule has 0 N–H and O–H groups in total. The van der Waals surface area contributed by atoms with E-state index in [-0.39, 0.29) is 5.38 Å². The van der Waals surface area contributed by atoms with Crippen molar-refractivity contribution >= 4 is 50.5 Å². The van der Waals surface area contributed by atoms with Gasteiger partial charge in [0.2, 0.25) is 0 Å². The highest BCUT2D eigenvalue weighted by atomic mass is 79.9. The van der Waals surface area contributed by atoms with Gasteiger partial charge in [0.05, 0.1) is 5.38 Å². The van der Waals surface area contributed by atoms with E-state index in [1.165, 1.54) is 22.5 Å². The SMILES string of the molecule is Cc1cccc(C(Cl)c2cc(Br)c(Cl)s2)c1C.